The van der Waals surface area contributed by atoms with Crippen LogP contribution in [0.5, 0.6) is 5.75 Å². The van der Waals surface area contributed by atoms with Crippen LogP contribution in [0.1, 0.15) is 5.56 Å². The first-order valence-corrected chi connectivity index (χ1v) is 6.33. The SMILES string of the molecule is NC(=O)COc1ccccc1/C=N/c1ccc(Cl)cc1. The number of nitrogens with two attached hydrogens (primary N) is 1. The second-order valence-electron chi connectivity index (χ2n) is 4.03. The summed E-state index contributed by atoms with van der Waals surface area (Å²) in [5.41, 5.74) is 6.60. The highest BCUT2D eigenvalue weighted by molar-refractivity contribution is 6.30. The van der Waals surface area contributed by atoms with Crippen LogP contribution in [-0.4, -0.2) is 18.7 Å². The second-order valence-corrected chi connectivity index (χ2v) is 4.46. The minimum Gasteiger partial charge on any atom is -0.483 e. The molecule has 0 saturated carbocycles. The molecule has 2 rings (SSSR count). The van der Waals surface area contributed by atoms with Crippen molar-refractivity contribution in [2.75, 3.05) is 6.61 Å². The molecule has 0 bridgehead atoms. The highest BCUT2D eigenvalue weighted by atomic mass is 35.5. The zero-order valence-corrected chi connectivity index (χ0v) is 11.4. The fourth-order valence-corrected chi connectivity index (χ4v) is 1.66. The van der Waals surface area contributed by atoms with E-state index < -0.39 is 5.91 Å². The van der Waals surface area contributed by atoms with Crippen LogP contribution in [0.4, 0.5) is 5.69 Å². The van der Waals surface area contributed by atoms with E-state index in [1.165, 1.54) is 0 Å². The number of hydrogen-bond donors (Lipinski definition) is 1. The molecule has 4 nitrogen and oxygen atoms in total. The molecule has 20 heavy (non-hydrogen) atoms. The number of halogens is 1. The van der Waals surface area contributed by atoms with Crippen molar-refractivity contribution in [1.29, 1.82) is 0 Å². The Morgan fingerprint density at radius 3 is 2.60 bits per heavy atom. The topological polar surface area (TPSA) is 64.7 Å². The molecule has 0 fully saturated rings. The molecule has 0 aliphatic rings. The number of carbonyl (C=O) groups is 1. The lowest BCUT2D eigenvalue weighted by Gasteiger charge is -2.06. The van der Waals surface area contributed by atoms with Gasteiger partial charge < -0.3 is 10.5 Å². The van der Waals surface area contributed by atoms with Crippen LogP contribution in [0, 0.1) is 0 Å². The normalized spacial score (nSPS) is 10.7. The first kappa shape index (κ1) is 14.1. The number of hydrogen-bond acceptors (Lipinski definition) is 3. The Hall–Kier alpha value is -2.33. The van der Waals surface area contributed by atoms with Crippen molar-refractivity contribution < 1.29 is 9.53 Å². The van der Waals surface area contributed by atoms with Crippen LogP contribution < -0.4 is 10.5 Å². The number of ether oxygens (including phenoxy) is 1. The largest absolute Gasteiger partial charge is 0.483 e. The molecule has 0 aliphatic heterocycles. The van der Waals surface area contributed by atoms with Gasteiger partial charge in [0, 0.05) is 16.8 Å². The van der Waals surface area contributed by atoms with E-state index in [-0.39, 0.29) is 6.61 Å². The number of amides is 1. The van der Waals surface area contributed by atoms with Gasteiger partial charge in [-0.2, -0.15) is 0 Å². The van der Waals surface area contributed by atoms with Gasteiger partial charge in [0.15, 0.2) is 6.61 Å². The van der Waals surface area contributed by atoms with E-state index in [1.807, 2.05) is 30.3 Å². The molecular formula is C15H13ClN2O2. The minimum absolute atomic E-state index is 0.161. The first-order valence-electron chi connectivity index (χ1n) is 5.95. The Kier molecular flexibility index (Phi) is 4.74. The number of para-hydroxylation sites is 1. The average Bonchev–Trinajstić information content (AvgIpc) is 2.45. The van der Waals surface area contributed by atoms with Crippen molar-refractivity contribution in [3.05, 3.63) is 59.1 Å². The van der Waals surface area contributed by atoms with Crippen molar-refractivity contribution in [1.82, 2.24) is 0 Å². The molecule has 0 aliphatic carbocycles. The Morgan fingerprint density at radius 1 is 1.20 bits per heavy atom. The summed E-state index contributed by atoms with van der Waals surface area (Å²) >= 11 is 5.81. The van der Waals surface area contributed by atoms with E-state index in [0.29, 0.717) is 10.8 Å². The summed E-state index contributed by atoms with van der Waals surface area (Å²) < 4.78 is 5.32. The third-order valence-corrected chi connectivity index (χ3v) is 2.72. The third kappa shape index (κ3) is 4.10. The van der Waals surface area contributed by atoms with Crippen molar-refractivity contribution in [2.45, 2.75) is 0 Å². The summed E-state index contributed by atoms with van der Waals surface area (Å²) in [4.78, 5) is 15.1. The number of benzene rings is 2. The Morgan fingerprint density at radius 2 is 1.90 bits per heavy atom. The van der Waals surface area contributed by atoms with Crippen LogP contribution in [-0.2, 0) is 4.79 Å². The quantitative estimate of drug-likeness (QED) is 0.860. The van der Waals surface area contributed by atoms with Crippen molar-refractivity contribution in [3.63, 3.8) is 0 Å². The van der Waals surface area contributed by atoms with Gasteiger partial charge in [0.25, 0.3) is 5.91 Å². The summed E-state index contributed by atoms with van der Waals surface area (Å²) in [5, 5.41) is 0.661. The predicted molar refractivity (Wildman–Crippen MR) is 79.8 cm³/mol. The van der Waals surface area contributed by atoms with Crippen LogP contribution in [0.25, 0.3) is 0 Å². The molecule has 1 amide bonds. The van der Waals surface area contributed by atoms with Gasteiger partial charge >= 0.3 is 0 Å². The van der Waals surface area contributed by atoms with Crippen molar-refractivity contribution in [2.24, 2.45) is 10.7 Å². The van der Waals surface area contributed by atoms with E-state index >= 15 is 0 Å². The maximum Gasteiger partial charge on any atom is 0.255 e. The fraction of sp³-hybridized carbons (Fsp3) is 0.0667. The van der Waals surface area contributed by atoms with E-state index in [9.17, 15) is 4.79 Å². The molecule has 2 N–H and O–H groups in total. The van der Waals surface area contributed by atoms with Crippen LogP contribution in [0.2, 0.25) is 5.02 Å². The standard InChI is InChI=1S/C15H13ClN2O2/c16-12-5-7-13(8-6-12)18-9-11-3-1-2-4-14(11)20-10-15(17)19/h1-9H,10H2,(H2,17,19)/b18-9+. The number of aliphatic imine (C=N–C) groups is 1. The number of primary amides is 1. The van der Waals surface area contributed by atoms with Crippen LogP contribution >= 0.6 is 11.6 Å². The average molecular weight is 289 g/mol. The lowest BCUT2D eigenvalue weighted by molar-refractivity contribution is -0.119. The molecule has 0 saturated heterocycles. The Balaban J connectivity index is 2.16. The zero-order chi connectivity index (χ0) is 14.4. The monoisotopic (exact) mass is 288 g/mol. The van der Waals surface area contributed by atoms with Crippen molar-refractivity contribution >= 4 is 29.4 Å². The van der Waals surface area contributed by atoms with E-state index in [4.69, 9.17) is 22.1 Å². The highest BCUT2D eigenvalue weighted by Gasteiger charge is 2.02. The summed E-state index contributed by atoms with van der Waals surface area (Å²) in [6.45, 7) is -0.161. The van der Waals surface area contributed by atoms with E-state index in [0.717, 1.165) is 11.3 Å². The maximum atomic E-state index is 10.7. The van der Waals surface area contributed by atoms with Gasteiger partial charge in [-0.3, -0.25) is 9.79 Å². The highest BCUT2D eigenvalue weighted by Crippen LogP contribution is 2.19. The molecular weight excluding hydrogens is 276 g/mol. The second kappa shape index (κ2) is 6.73. The van der Waals surface area contributed by atoms with Gasteiger partial charge in [-0.25, -0.2) is 0 Å². The molecule has 0 unspecified atom stereocenters. The summed E-state index contributed by atoms with van der Waals surface area (Å²) in [6, 6.07) is 14.4. The number of nitrogens with zero attached hydrogens (tertiary/aromatic N) is 1. The molecule has 0 heterocycles. The van der Waals surface area contributed by atoms with Gasteiger partial charge in [-0.1, -0.05) is 23.7 Å². The summed E-state index contributed by atoms with van der Waals surface area (Å²) in [5.74, 6) is 0.0402. The molecule has 102 valence electrons. The molecule has 0 aromatic heterocycles. The van der Waals surface area contributed by atoms with Gasteiger partial charge in [-0.15, -0.1) is 0 Å². The van der Waals surface area contributed by atoms with Gasteiger partial charge in [0.1, 0.15) is 5.75 Å². The van der Waals surface area contributed by atoms with Crippen molar-refractivity contribution in [3.8, 4) is 5.75 Å². The predicted octanol–water partition coefficient (Wildman–Crippen LogP) is 2.95. The van der Waals surface area contributed by atoms with Crippen LogP contribution in [0.15, 0.2) is 53.5 Å². The summed E-state index contributed by atoms with van der Waals surface area (Å²) in [6.07, 6.45) is 1.67. The fourth-order valence-electron chi connectivity index (χ4n) is 1.54. The smallest absolute Gasteiger partial charge is 0.255 e. The van der Waals surface area contributed by atoms with E-state index in [1.54, 1.807) is 24.4 Å². The molecule has 0 spiro atoms. The first-order chi connectivity index (χ1) is 9.65. The molecule has 0 radical (unpaired) electrons. The molecule has 0 atom stereocenters. The zero-order valence-electron chi connectivity index (χ0n) is 10.6. The number of rotatable bonds is 5. The van der Waals surface area contributed by atoms with E-state index in [2.05, 4.69) is 4.99 Å². The van der Waals surface area contributed by atoms with Gasteiger partial charge in [-0.05, 0) is 36.4 Å². The molecule has 2 aromatic rings. The maximum absolute atomic E-state index is 10.7. The molecule has 2 aromatic carbocycles. The van der Waals surface area contributed by atoms with Gasteiger partial charge in [0.2, 0.25) is 0 Å². The molecule has 5 heteroatoms. The lowest BCUT2D eigenvalue weighted by Crippen LogP contribution is -2.20. The Bertz CT molecular complexity index is 624. The number of carbonyl (C=O) groups excluding carboxylic acids is 1. The van der Waals surface area contributed by atoms with Crippen LogP contribution in [0.3, 0.4) is 0 Å². The minimum atomic E-state index is -0.519. The third-order valence-electron chi connectivity index (χ3n) is 2.47. The van der Waals surface area contributed by atoms with Gasteiger partial charge in [0.05, 0.1) is 5.69 Å². The Labute approximate surface area is 121 Å². The summed E-state index contributed by atoms with van der Waals surface area (Å²) in [7, 11) is 0. The lowest BCUT2D eigenvalue weighted by atomic mass is 10.2.